The molecule has 4 aromatic rings. The van der Waals surface area contributed by atoms with Gasteiger partial charge in [-0.25, -0.2) is 4.79 Å². The van der Waals surface area contributed by atoms with E-state index in [1.54, 1.807) is 60.8 Å². The molecule has 0 bridgehead atoms. The lowest BCUT2D eigenvalue weighted by Gasteiger charge is -2.19. The highest BCUT2D eigenvalue weighted by atomic mass is 16.6. The molecule has 0 saturated carbocycles. The second-order valence-corrected chi connectivity index (χ2v) is 9.86. The summed E-state index contributed by atoms with van der Waals surface area (Å²) in [4.78, 5) is 28.8. The molecule has 0 fully saturated rings. The molecule has 10 nitrogen and oxygen atoms in total. The van der Waals surface area contributed by atoms with Gasteiger partial charge in [0.15, 0.2) is 11.5 Å². The lowest BCUT2D eigenvalue weighted by molar-refractivity contribution is -0.129. The van der Waals surface area contributed by atoms with E-state index in [4.69, 9.17) is 18.9 Å². The van der Waals surface area contributed by atoms with E-state index in [0.29, 0.717) is 58.6 Å². The number of hydrogen-bond donors (Lipinski definition) is 1. The number of ether oxygens (including phenoxy) is 4. The minimum Gasteiger partial charge on any atom is -0.488 e. The first-order valence-electron chi connectivity index (χ1n) is 13.6. The van der Waals surface area contributed by atoms with Crippen LogP contribution in [-0.2, 0) is 24.6 Å². The van der Waals surface area contributed by atoms with E-state index in [1.165, 1.54) is 11.5 Å². The number of pyridine rings is 1. The van der Waals surface area contributed by atoms with Gasteiger partial charge in [0.1, 0.15) is 43.6 Å². The SMILES string of the molecule is CC(=NCc1cc(C)c(OCc2cccn(-c3ccc4c(c3)OCCO4)c2=O)cc1OCc1cccc(C#N)c1)C(=O)O. The van der Waals surface area contributed by atoms with Crippen molar-refractivity contribution in [2.75, 3.05) is 13.2 Å². The maximum absolute atomic E-state index is 13.4. The van der Waals surface area contributed by atoms with Crippen LogP contribution in [0.4, 0.5) is 0 Å². The topological polar surface area (TPSA) is 132 Å². The molecule has 3 aromatic carbocycles. The quantitative estimate of drug-likeness (QED) is 0.260. The minimum absolute atomic E-state index is 0.00431. The van der Waals surface area contributed by atoms with Gasteiger partial charge in [0.2, 0.25) is 0 Å². The van der Waals surface area contributed by atoms with Crippen LogP contribution in [0.3, 0.4) is 0 Å². The van der Waals surface area contributed by atoms with Crippen molar-refractivity contribution in [2.24, 2.45) is 4.99 Å². The van der Waals surface area contributed by atoms with Gasteiger partial charge in [0.25, 0.3) is 5.56 Å². The number of aliphatic imine (C=N–C) groups is 1. The van der Waals surface area contributed by atoms with Gasteiger partial charge in [-0.2, -0.15) is 5.26 Å². The van der Waals surface area contributed by atoms with Crippen molar-refractivity contribution in [1.82, 2.24) is 4.57 Å². The first kappa shape index (κ1) is 29.0. The monoisotopic (exact) mass is 579 g/mol. The van der Waals surface area contributed by atoms with Crippen molar-refractivity contribution in [3.63, 3.8) is 0 Å². The lowest BCUT2D eigenvalue weighted by atomic mass is 10.1. The Morgan fingerprint density at radius 1 is 0.977 bits per heavy atom. The third-order valence-corrected chi connectivity index (χ3v) is 6.82. The van der Waals surface area contributed by atoms with E-state index in [-0.39, 0.29) is 31.0 Å². The van der Waals surface area contributed by atoms with Crippen LogP contribution in [0.5, 0.6) is 23.0 Å². The standard InChI is InChI=1S/C33H29N3O7/c1-21-13-26(18-35-22(2)33(38)39)30(42-19-24-6-3-5-23(14-24)17-34)16-29(21)43-20-25-7-4-10-36(32(25)37)27-8-9-28-31(15-27)41-12-11-40-28/h3-10,13-16H,11-12,18-20H2,1-2H3,(H,38,39). The molecule has 0 spiro atoms. The molecule has 43 heavy (non-hydrogen) atoms. The van der Waals surface area contributed by atoms with E-state index < -0.39 is 5.97 Å². The average molecular weight is 580 g/mol. The third-order valence-electron chi connectivity index (χ3n) is 6.82. The number of carboxylic acid groups (broad SMARTS) is 1. The number of fused-ring (bicyclic) bond motifs is 1. The Morgan fingerprint density at radius 3 is 2.56 bits per heavy atom. The van der Waals surface area contributed by atoms with E-state index in [0.717, 1.165) is 11.1 Å². The summed E-state index contributed by atoms with van der Waals surface area (Å²) in [5.74, 6) is 1.07. The molecular weight excluding hydrogens is 550 g/mol. The van der Waals surface area contributed by atoms with Crippen LogP contribution >= 0.6 is 0 Å². The Hall–Kier alpha value is -5.56. The number of rotatable bonds is 10. The fraction of sp³-hybridized carbons (Fsp3) is 0.212. The van der Waals surface area contributed by atoms with Gasteiger partial charge in [-0.3, -0.25) is 14.4 Å². The molecule has 0 unspecified atom stereocenters. The molecule has 0 aliphatic carbocycles. The van der Waals surface area contributed by atoms with Gasteiger partial charge >= 0.3 is 5.97 Å². The fourth-order valence-electron chi connectivity index (χ4n) is 4.50. The molecule has 5 rings (SSSR count). The van der Waals surface area contributed by atoms with Crippen molar-refractivity contribution >= 4 is 11.7 Å². The number of nitriles is 1. The summed E-state index contributed by atoms with van der Waals surface area (Å²) in [6, 6.07) is 21.6. The van der Waals surface area contributed by atoms with Crippen LogP contribution in [0, 0.1) is 18.3 Å². The highest BCUT2D eigenvalue weighted by molar-refractivity contribution is 6.34. The minimum atomic E-state index is -1.10. The Bertz CT molecular complexity index is 1800. The zero-order valence-corrected chi connectivity index (χ0v) is 23.7. The molecule has 0 radical (unpaired) electrons. The summed E-state index contributed by atoms with van der Waals surface area (Å²) >= 11 is 0. The van der Waals surface area contributed by atoms with Crippen LogP contribution in [-0.4, -0.2) is 34.6 Å². The molecule has 0 saturated heterocycles. The summed E-state index contributed by atoms with van der Waals surface area (Å²) in [6.07, 6.45) is 1.68. The summed E-state index contributed by atoms with van der Waals surface area (Å²) in [5.41, 5.74) is 3.57. The number of aliphatic carboxylic acids is 1. The first-order chi connectivity index (χ1) is 20.8. The second-order valence-electron chi connectivity index (χ2n) is 9.86. The Balaban J connectivity index is 1.39. The summed E-state index contributed by atoms with van der Waals surface area (Å²) in [7, 11) is 0. The smallest absolute Gasteiger partial charge is 0.349 e. The molecule has 0 atom stereocenters. The maximum Gasteiger partial charge on any atom is 0.349 e. The Kier molecular flexibility index (Phi) is 8.72. The molecule has 1 aliphatic rings. The zero-order chi connectivity index (χ0) is 30.3. The summed E-state index contributed by atoms with van der Waals surface area (Å²) in [6.45, 7) is 4.47. The van der Waals surface area contributed by atoms with Gasteiger partial charge < -0.3 is 24.1 Å². The largest absolute Gasteiger partial charge is 0.488 e. The molecule has 0 amide bonds. The van der Waals surface area contributed by atoms with E-state index in [2.05, 4.69) is 11.1 Å². The predicted octanol–water partition coefficient (Wildman–Crippen LogP) is 4.99. The van der Waals surface area contributed by atoms with Gasteiger partial charge in [-0.15, -0.1) is 0 Å². The molecule has 1 aliphatic heterocycles. The number of carboxylic acids is 1. The Morgan fingerprint density at radius 2 is 1.77 bits per heavy atom. The van der Waals surface area contributed by atoms with Crippen LogP contribution in [0.15, 0.2) is 82.7 Å². The van der Waals surface area contributed by atoms with Gasteiger partial charge in [-0.1, -0.05) is 12.1 Å². The first-order valence-corrected chi connectivity index (χ1v) is 13.6. The van der Waals surface area contributed by atoms with Crippen molar-refractivity contribution in [1.29, 1.82) is 5.26 Å². The molecular formula is C33H29N3O7. The van der Waals surface area contributed by atoms with E-state index >= 15 is 0 Å². The molecule has 2 heterocycles. The fourth-order valence-corrected chi connectivity index (χ4v) is 4.50. The highest BCUT2D eigenvalue weighted by Crippen LogP contribution is 2.32. The van der Waals surface area contributed by atoms with Crippen LogP contribution < -0.4 is 24.5 Å². The van der Waals surface area contributed by atoms with Gasteiger partial charge in [0.05, 0.1) is 29.4 Å². The van der Waals surface area contributed by atoms with E-state index in [1.807, 2.05) is 19.1 Å². The lowest BCUT2D eigenvalue weighted by Crippen LogP contribution is -2.23. The van der Waals surface area contributed by atoms with Crippen molar-refractivity contribution in [3.8, 4) is 34.8 Å². The predicted molar refractivity (Wildman–Crippen MR) is 158 cm³/mol. The maximum atomic E-state index is 13.4. The second kappa shape index (κ2) is 13.0. The number of hydrogen-bond acceptors (Lipinski definition) is 8. The number of aromatic nitrogens is 1. The van der Waals surface area contributed by atoms with Crippen LogP contribution in [0.2, 0.25) is 0 Å². The summed E-state index contributed by atoms with van der Waals surface area (Å²) < 4.78 is 25.0. The zero-order valence-electron chi connectivity index (χ0n) is 23.7. The van der Waals surface area contributed by atoms with Crippen molar-refractivity contribution in [2.45, 2.75) is 33.6 Å². The molecule has 1 N–H and O–H groups in total. The normalized spacial score (nSPS) is 12.3. The number of nitrogens with zero attached hydrogens (tertiary/aromatic N) is 3. The van der Waals surface area contributed by atoms with Gasteiger partial charge in [-0.05, 0) is 67.4 Å². The third kappa shape index (κ3) is 6.85. The Labute approximate surface area is 248 Å². The number of carbonyl (C=O) groups is 1. The van der Waals surface area contributed by atoms with Crippen molar-refractivity contribution in [3.05, 3.63) is 111 Å². The van der Waals surface area contributed by atoms with Crippen molar-refractivity contribution < 1.29 is 28.8 Å². The average Bonchev–Trinajstić information content (AvgIpc) is 3.02. The number of aryl methyl sites for hydroxylation is 1. The van der Waals surface area contributed by atoms with E-state index in [9.17, 15) is 20.0 Å². The summed E-state index contributed by atoms with van der Waals surface area (Å²) in [5, 5.41) is 18.4. The molecule has 10 heteroatoms. The number of benzene rings is 3. The van der Waals surface area contributed by atoms with Crippen LogP contribution in [0.1, 0.15) is 34.7 Å². The molecule has 218 valence electrons. The highest BCUT2D eigenvalue weighted by Gasteiger charge is 2.15. The molecule has 1 aromatic heterocycles. The van der Waals surface area contributed by atoms with Gasteiger partial charge in [0, 0.05) is 23.9 Å². The van der Waals surface area contributed by atoms with Crippen LogP contribution in [0.25, 0.3) is 5.69 Å².